The molecule has 0 bridgehead atoms. The van der Waals surface area contributed by atoms with Crippen LogP contribution in [0.25, 0.3) is 5.69 Å². The summed E-state index contributed by atoms with van der Waals surface area (Å²) in [5.41, 5.74) is 2.99. The fourth-order valence-electron chi connectivity index (χ4n) is 2.45. The van der Waals surface area contributed by atoms with Gasteiger partial charge >= 0.3 is 0 Å². The second kappa shape index (κ2) is 6.55. The lowest BCUT2D eigenvalue weighted by atomic mass is 10.1. The van der Waals surface area contributed by atoms with Gasteiger partial charge in [0.05, 0.1) is 18.4 Å². The lowest BCUT2D eigenvalue weighted by Gasteiger charge is -2.13. The first-order valence-electron chi connectivity index (χ1n) is 7.37. The monoisotopic (exact) mass is 331 g/mol. The predicted octanol–water partition coefficient (Wildman–Crippen LogP) is 3.33. The second-order valence-electron chi connectivity index (χ2n) is 5.39. The number of hydrogen-bond donors (Lipinski definition) is 1. The SMILES string of the molecule is Cc1nnc(CNC(C)c2cnn(-c3ccc(F)cc3)c2C)s1. The second-order valence-corrected chi connectivity index (χ2v) is 6.66. The summed E-state index contributed by atoms with van der Waals surface area (Å²) in [5, 5.41) is 17.9. The van der Waals surface area contributed by atoms with Crippen LogP contribution in [0.3, 0.4) is 0 Å². The highest BCUT2D eigenvalue weighted by atomic mass is 32.1. The van der Waals surface area contributed by atoms with Gasteiger partial charge in [0.2, 0.25) is 0 Å². The molecule has 0 amide bonds. The lowest BCUT2D eigenvalue weighted by molar-refractivity contribution is 0.568. The molecule has 0 saturated carbocycles. The first-order chi connectivity index (χ1) is 11.0. The average Bonchev–Trinajstić information content (AvgIpc) is 3.12. The summed E-state index contributed by atoms with van der Waals surface area (Å²) in [7, 11) is 0. The van der Waals surface area contributed by atoms with Crippen molar-refractivity contribution in [3.63, 3.8) is 0 Å². The maximum absolute atomic E-state index is 13.0. The molecule has 2 heterocycles. The molecular formula is C16H18FN5S. The molecule has 1 aromatic carbocycles. The number of hydrogen-bond acceptors (Lipinski definition) is 5. The highest BCUT2D eigenvalue weighted by Gasteiger charge is 2.14. The summed E-state index contributed by atoms with van der Waals surface area (Å²) in [4.78, 5) is 0. The number of benzene rings is 1. The predicted molar refractivity (Wildman–Crippen MR) is 88.2 cm³/mol. The van der Waals surface area contributed by atoms with E-state index in [4.69, 9.17) is 0 Å². The maximum Gasteiger partial charge on any atom is 0.131 e. The van der Waals surface area contributed by atoms with Crippen molar-refractivity contribution in [2.75, 3.05) is 0 Å². The quantitative estimate of drug-likeness (QED) is 0.779. The Morgan fingerprint density at radius 1 is 1.22 bits per heavy atom. The van der Waals surface area contributed by atoms with Crippen LogP contribution in [0.4, 0.5) is 4.39 Å². The van der Waals surface area contributed by atoms with E-state index < -0.39 is 0 Å². The van der Waals surface area contributed by atoms with Gasteiger partial charge in [0.1, 0.15) is 15.8 Å². The normalized spacial score (nSPS) is 12.5. The molecule has 0 aliphatic rings. The van der Waals surface area contributed by atoms with Crippen molar-refractivity contribution >= 4 is 11.3 Å². The van der Waals surface area contributed by atoms with Gasteiger partial charge < -0.3 is 5.32 Å². The van der Waals surface area contributed by atoms with Crippen molar-refractivity contribution in [1.82, 2.24) is 25.3 Å². The molecule has 3 rings (SSSR count). The first-order valence-corrected chi connectivity index (χ1v) is 8.19. The summed E-state index contributed by atoms with van der Waals surface area (Å²) in [6.45, 7) is 6.72. The van der Waals surface area contributed by atoms with Crippen LogP contribution in [0.2, 0.25) is 0 Å². The summed E-state index contributed by atoms with van der Waals surface area (Å²) in [5.74, 6) is -0.249. The highest BCUT2D eigenvalue weighted by Crippen LogP contribution is 2.21. The fraction of sp³-hybridized carbons (Fsp3) is 0.312. The van der Waals surface area contributed by atoms with Crippen LogP contribution >= 0.6 is 11.3 Å². The minimum Gasteiger partial charge on any atom is -0.304 e. The summed E-state index contributed by atoms with van der Waals surface area (Å²) >= 11 is 1.59. The molecule has 1 N–H and O–H groups in total. The van der Waals surface area contributed by atoms with E-state index in [0.717, 1.165) is 27.0 Å². The van der Waals surface area contributed by atoms with E-state index in [1.165, 1.54) is 12.1 Å². The Bertz CT molecular complexity index is 793. The third-order valence-corrected chi connectivity index (χ3v) is 4.55. The third kappa shape index (κ3) is 3.46. The Kier molecular flexibility index (Phi) is 4.49. The van der Waals surface area contributed by atoms with E-state index in [9.17, 15) is 4.39 Å². The molecule has 23 heavy (non-hydrogen) atoms. The zero-order chi connectivity index (χ0) is 16.4. The molecule has 0 aliphatic carbocycles. The van der Waals surface area contributed by atoms with Crippen molar-refractivity contribution in [2.24, 2.45) is 0 Å². The number of aromatic nitrogens is 4. The highest BCUT2D eigenvalue weighted by molar-refractivity contribution is 7.11. The summed E-state index contributed by atoms with van der Waals surface area (Å²) < 4.78 is 14.9. The smallest absolute Gasteiger partial charge is 0.131 e. The van der Waals surface area contributed by atoms with Crippen molar-refractivity contribution in [2.45, 2.75) is 33.4 Å². The lowest BCUT2D eigenvalue weighted by Crippen LogP contribution is -2.18. The topological polar surface area (TPSA) is 55.6 Å². The van der Waals surface area contributed by atoms with Gasteiger partial charge in [0.25, 0.3) is 0 Å². The Labute approximate surface area is 138 Å². The van der Waals surface area contributed by atoms with Gasteiger partial charge in [-0.15, -0.1) is 21.5 Å². The molecule has 120 valence electrons. The van der Waals surface area contributed by atoms with E-state index >= 15 is 0 Å². The van der Waals surface area contributed by atoms with Crippen LogP contribution in [-0.4, -0.2) is 20.0 Å². The number of halogens is 1. The zero-order valence-corrected chi connectivity index (χ0v) is 14.1. The molecule has 0 spiro atoms. The van der Waals surface area contributed by atoms with Crippen LogP contribution in [0, 0.1) is 19.7 Å². The average molecular weight is 331 g/mol. The molecule has 7 heteroatoms. The van der Waals surface area contributed by atoms with Crippen molar-refractivity contribution in [3.05, 3.63) is 57.6 Å². The largest absolute Gasteiger partial charge is 0.304 e. The van der Waals surface area contributed by atoms with Gasteiger partial charge in [-0.2, -0.15) is 5.10 Å². The fourth-order valence-corrected chi connectivity index (χ4v) is 3.11. The molecule has 0 aliphatic heterocycles. The summed E-state index contributed by atoms with van der Waals surface area (Å²) in [6, 6.07) is 6.46. The van der Waals surface area contributed by atoms with Crippen LogP contribution in [0.1, 0.15) is 34.2 Å². The van der Waals surface area contributed by atoms with Crippen LogP contribution in [-0.2, 0) is 6.54 Å². The number of nitrogens with one attached hydrogen (secondary N) is 1. The van der Waals surface area contributed by atoms with Crippen LogP contribution < -0.4 is 5.32 Å². The van der Waals surface area contributed by atoms with Crippen LogP contribution in [0.15, 0.2) is 30.5 Å². The Balaban J connectivity index is 1.74. The van der Waals surface area contributed by atoms with E-state index in [1.54, 1.807) is 23.5 Å². The van der Waals surface area contributed by atoms with E-state index in [2.05, 4.69) is 27.5 Å². The Hall–Kier alpha value is -2.12. The molecule has 3 aromatic rings. The molecule has 1 unspecified atom stereocenters. The van der Waals surface area contributed by atoms with Crippen molar-refractivity contribution in [3.8, 4) is 5.69 Å². The molecule has 2 aromatic heterocycles. The maximum atomic E-state index is 13.0. The Morgan fingerprint density at radius 2 is 1.96 bits per heavy atom. The number of aryl methyl sites for hydroxylation is 1. The van der Waals surface area contributed by atoms with Gasteiger partial charge in [-0.05, 0) is 45.0 Å². The van der Waals surface area contributed by atoms with Gasteiger partial charge in [0, 0.05) is 17.3 Å². The van der Waals surface area contributed by atoms with E-state index in [-0.39, 0.29) is 11.9 Å². The van der Waals surface area contributed by atoms with Crippen LogP contribution in [0.5, 0.6) is 0 Å². The molecular weight excluding hydrogens is 313 g/mol. The van der Waals surface area contributed by atoms with E-state index in [0.29, 0.717) is 6.54 Å². The van der Waals surface area contributed by atoms with Gasteiger partial charge in [0.15, 0.2) is 0 Å². The summed E-state index contributed by atoms with van der Waals surface area (Å²) in [6.07, 6.45) is 1.85. The molecule has 0 fully saturated rings. The minimum absolute atomic E-state index is 0.133. The van der Waals surface area contributed by atoms with Crippen molar-refractivity contribution < 1.29 is 4.39 Å². The molecule has 0 radical (unpaired) electrons. The molecule has 0 saturated heterocycles. The first kappa shape index (κ1) is 15.8. The standard InChI is InChI=1S/C16H18FN5S/c1-10(18-9-16-21-20-12(3)23-16)15-8-19-22(11(15)2)14-6-4-13(17)5-7-14/h4-8,10,18H,9H2,1-3H3. The number of nitrogens with zero attached hydrogens (tertiary/aromatic N) is 4. The van der Waals surface area contributed by atoms with Gasteiger partial charge in [-0.1, -0.05) is 0 Å². The third-order valence-electron chi connectivity index (χ3n) is 3.71. The zero-order valence-electron chi connectivity index (χ0n) is 13.2. The Morgan fingerprint density at radius 3 is 2.61 bits per heavy atom. The van der Waals surface area contributed by atoms with E-state index in [1.807, 2.05) is 24.7 Å². The van der Waals surface area contributed by atoms with Gasteiger partial charge in [-0.25, -0.2) is 9.07 Å². The molecule has 1 atom stereocenters. The molecule has 5 nitrogen and oxygen atoms in total. The minimum atomic E-state index is -0.249. The number of rotatable bonds is 5. The van der Waals surface area contributed by atoms with Crippen molar-refractivity contribution in [1.29, 1.82) is 0 Å². The van der Waals surface area contributed by atoms with Gasteiger partial charge in [-0.3, -0.25) is 0 Å².